The summed E-state index contributed by atoms with van der Waals surface area (Å²) >= 11 is 0. The summed E-state index contributed by atoms with van der Waals surface area (Å²) in [5.74, 6) is 1.38. The molecular formula is C17H29NO2S. The standard InChI is InChI=1S/C17H29NO2S/c1-7-18-13(3)14-9-10-16(20-8-2)15(11-14)12-21(19)17(4,5)6/h9-11,13,18H,7-8,12H2,1-6H3. The molecule has 0 amide bonds. The molecule has 0 aliphatic rings. The van der Waals surface area contributed by atoms with E-state index in [0.717, 1.165) is 17.9 Å². The van der Waals surface area contributed by atoms with E-state index in [-0.39, 0.29) is 10.8 Å². The van der Waals surface area contributed by atoms with Gasteiger partial charge in [0.2, 0.25) is 0 Å². The van der Waals surface area contributed by atoms with Gasteiger partial charge in [0.15, 0.2) is 0 Å². The van der Waals surface area contributed by atoms with Crippen LogP contribution in [0.15, 0.2) is 18.2 Å². The van der Waals surface area contributed by atoms with Gasteiger partial charge in [-0.15, -0.1) is 0 Å². The molecule has 120 valence electrons. The number of hydrogen-bond donors (Lipinski definition) is 1. The van der Waals surface area contributed by atoms with Crippen molar-refractivity contribution < 1.29 is 8.95 Å². The Bertz CT molecular complexity index is 480. The molecule has 4 heteroatoms. The van der Waals surface area contributed by atoms with Gasteiger partial charge in [-0.2, -0.15) is 0 Å². The minimum atomic E-state index is -0.928. The summed E-state index contributed by atoms with van der Waals surface area (Å²) < 4.78 is 17.9. The summed E-state index contributed by atoms with van der Waals surface area (Å²) in [6.45, 7) is 13.8. The fourth-order valence-electron chi connectivity index (χ4n) is 2.06. The maximum Gasteiger partial charge on any atom is 0.123 e. The second-order valence-corrected chi connectivity index (χ2v) is 8.39. The molecule has 0 saturated heterocycles. The zero-order chi connectivity index (χ0) is 16.0. The van der Waals surface area contributed by atoms with Gasteiger partial charge in [-0.25, -0.2) is 0 Å². The van der Waals surface area contributed by atoms with E-state index in [4.69, 9.17) is 4.74 Å². The molecule has 2 atom stereocenters. The van der Waals surface area contributed by atoms with Crippen molar-refractivity contribution in [3.63, 3.8) is 0 Å². The predicted octanol–water partition coefficient (Wildman–Crippen LogP) is 3.80. The molecule has 0 aliphatic carbocycles. The average Bonchev–Trinajstić information content (AvgIpc) is 2.40. The van der Waals surface area contributed by atoms with Crippen LogP contribution in [0.25, 0.3) is 0 Å². The topological polar surface area (TPSA) is 38.3 Å². The van der Waals surface area contributed by atoms with Crippen LogP contribution in [0.4, 0.5) is 0 Å². The predicted molar refractivity (Wildman–Crippen MR) is 91.3 cm³/mol. The number of rotatable bonds is 7. The van der Waals surface area contributed by atoms with E-state index < -0.39 is 10.8 Å². The lowest BCUT2D eigenvalue weighted by molar-refractivity contribution is 0.337. The Kier molecular flexibility index (Phi) is 6.88. The molecule has 0 aliphatic heterocycles. The quantitative estimate of drug-likeness (QED) is 0.832. The molecule has 1 N–H and O–H groups in total. The largest absolute Gasteiger partial charge is 0.494 e. The van der Waals surface area contributed by atoms with Crippen molar-refractivity contribution in [2.24, 2.45) is 0 Å². The minimum Gasteiger partial charge on any atom is -0.494 e. The molecule has 1 rings (SSSR count). The van der Waals surface area contributed by atoms with E-state index in [1.807, 2.05) is 33.8 Å². The second kappa shape index (κ2) is 7.95. The zero-order valence-corrected chi connectivity index (χ0v) is 15.0. The smallest absolute Gasteiger partial charge is 0.123 e. The molecular weight excluding hydrogens is 282 g/mol. The van der Waals surface area contributed by atoms with Gasteiger partial charge < -0.3 is 10.1 Å². The summed E-state index contributed by atoms with van der Waals surface area (Å²) in [4.78, 5) is 0. The summed E-state index contributed by atoms with van der Waals surface area (Å²) in [6, 6.07) is 6.50. The third-order valence-electron chi connectivity index (χ3n) is 3.36. The van der Waals surface area contributed by atoms with Crippen LogP contribution in [0.1, 0.15) is 58.7 Å². The van der Waals surface area contributed by atoms with Gasteiger partial charge in [-0.1, -0.05) is 13.0 Å². The lowest BCUT2D eigenvalue weighted by atomic mass is 10.0. The van der Waals surface area contributed by atoms with Gasteiger partial charge in [-0.05, 0) is 58.9 Å². The summed E-state index contributed by atoms with van der Waals surface area (Å²) in [6.07, 6.45) is 0. The number of hydrogen-bond acceptors (Lipinski definition) is 3. The third kappa shape index (κ3) is 5.44. The van der Waals surface area contributed by atoms with Crippen LogP contribution in [0, 0.1) is 0 Å². The van der Waals surface area contributed by atoms with Gasteiger partial charge in [0.25, 0.3) is 0 Å². The van der Waals surface area contributed by atoms with Gasteiger partial charge >= 0.3 is 0 Å². The SMILES string of the molecule is CCNC(C)c1ccc(OCC)c(CS(=O)C(C)(C)C)c1. The van der Waals surface area contributed by atoms with Gasteiger partial charge in [0.1, 0.15) is 5.75 Å². The summed E-state index contributed by atoms with van der Waals surface area (Å²) in [5.41, 5.74) is 2.24. The van der Waals surface area contributed by atoms with Crippen molar-refractivity contribution in [3.05, 3.63) is 29.3 Å². The minimum absolute atomic E-state index is 0.216. The Labute approximate surface area is 131 Å². The Balaban J connectivity index is 3.06. The van der Waals surface area contributed by atoms with Crippen molar-refractivity contribution in [2.45, 2.75) is 58.1 Å². The molecule has 0 spiro atoms. The van der Waals surface area contributed by atoms with Crippen LogP contribution in [0.3, 0.4) is 0 Å². The van der Waals surface area contributed by atoms with Crippen LogP contribution in [0.2, 0.25) is 0 Å². The molecule has 0 aromatic heterocycles. The van der Waals surface area contributed by atoms with Crippen LogP contribution in [-0.4, -0.2) is 22.1 Å². The Morgan fingerprint density at radius 3 is 2.48 bits per heavy atom. The number of benzene rings is 1. The van der Waals surface area contributed by atoms with E-state index >= 15 is 0 Å². The first-order valence-electron chi connectivity index (χ1n) is 7.67. The van der Waals surface area contributed by atoms with Crippen molar-refractivity contribution >= 4 is 10.8 Å². The van der Waals surface area contributed by atoms with E-state index in [2.05, 4.69) is 31.3 Å². The van der Waals surface area contributed by atoms with Gasteiger partial charge in [0, 0.05) is 27.2 Å². The maximum absolute atomic E-state index is 12.4. The van der Waals surface area contributed by atoms with Crippen LogP contribution in [-0.2, 0) is 16.6 Å². The average molecular weight is 311 g/mol. The highest BCUT2D eigenvalue weighted by Crippen LogP contribution is 2.27. The molecule has 1 aromatic rings. The number of nitrogens with one attached hydrogen (secondary N) is 1. The van der Waals surface area contributed by atoms with E-state index in [9.17, 15) is 4.21 Å². The molecule has 0 bridgehead atoms. The molecule has 3 nitrogen and oxygen atoms in total. The van der Waals surface area contributed by atoms with Crippen molar-refractivity contribution in [1.82, 2.24) is 5.32 Å². The first-order chi connectivity index (χ1) is 9.79. The molecule has 0 heterocycles. The zero-order valence-electron chi connectivity index (χ0n) is 14.2. The fraction of sp³-hybridized carbons (Fsp3) is 0.647. The molecule has 1 aromatic carbocycles. The molecule has 2 unspecified atom stereocenters. The summed E-state index contributed by atoms with van der Waals surface area (Å²) in [5, 5.41) is 3.41. The highest BCUT2D eigenvalue weighted by Gasteiger charge is 2.21. The fourth-order valence-corrected chi connectivity index (χ4v) is 3.00. The van der Waals surface area contributed by atoms with Crippen LogP contribution < -0.4 is 10.1 Å². The van der Waals surface area contributed by atoms with E-state index in [0.29, 0.717) is 12.4 Å². The number of ether oxygens (including phenoxy) is 1. The van der Waals surface area contributed by atoms with Crippen LogP contribution in [0.5, 0.6) is 5.75 Å². The van der Waals surface area contributed by atoms with Gasteiger partial charge in [-0.3, -0.25) is 4.21 Å². The highest BCUT2D eigenvalue weighted by atomic mass is 32.2. The highest BCUT2D eigenvalue weighted by molar-refractivity contribution is 7.85. The Morgan fingerprint density at radius 1 is 1.29 bits per heavy atom. The maximum atomic E-state index is 12.4. The van der Waals surface area contributed by atoms with Crippen molar-refractivity contribution in [3.8, 4) is 5.75 Å². The Hall–Kier alpha value is -0.870. The lowest BCUT2D eigenvalue weighted by Crippen LogP contribution is -2.23. The second-order valence-electron chi connectivity index (χ2n) is 6.18. The third-order valence-corrected chi connectivity index (χ3v) is 5.30. The van der Waals surface area contributed by atoms with Crippen molar-refractivity contribution in [1.29, 1.82) is 0 Å². The first-order valence-corrected chi connectivity index (χ1v) is 8.99. The van der Waals surface area contributed by atoms with E-state index in [1.54, 1.807) is 0 Å². The molecule has 0 fully saturated rings. The monoisotopic (exact) mass is 311 g/mol. The van der Waals surface area contributed by atoms with E-state index in [1.165, 1.54) is 5.56 Å². The Morgan fingerprint density at radius 2 is 1.95 bits per heavy atom. The van der Waals surface area contributed by atoms with Gasteiger partial charge in [0.05, 0.1) is 12.4 Å². The van der Waals surface area contributed by atoms with Crippen molar-refractivity contribution in [2.75, 3.05) is 13.2 Å². The first kappa shape index (κ1) is 18.2. The molecule has 21 heavy (non-hydrogen) atoms. The van der Waals surface area contributed by atoms with Crippen LogP contribution >= 0.6 is 0 Å². The normalized spacial score (nSPS) is 14.8. The molecule has 0 saturated carbocycles. The summed E-state index contributed by atoms with van der Waals surface area (Å²) in [7, 11) is -0.928. The molecule has 0 radical (unpaired) electrons. The lowest BCUT2D eigenvalue weighted by Gasteiger charge is -2.20.